The first-order valence-corrected chi connectivity index (χ1v) is 7.01. The molecule has 1 aromatic heterocycles. The van der Waals surface area contributed by atoms with E-state index in [2.05, 4.69) is 21.1 Å². The molecule has 1 fully saturated rings. The van der Waals surface area contributed by atoms with Crippen LogP contribution in [0.2, 0.25) is 0 Å². The average Bonchev–Trinajstić information content (AvgIpc) is 3.14. The van der Waals surface area contributed by atoms with E-state index < -0.39 is 0 Å². The van der Waals surface area contributed by atoms with Crippen LogP contribution in [0.25, 0.3) is 0 Å². The zero-order valence-corrected chi connectivity index (χ0v) is 11.6. The van der Waals surface area contributed by atoms with Crippen LogP contribution in [0.3, 0.4) is 0 Å². The number of rotatable bonds is 4. The Labute approximate surface area is 122 Å². The van der Waals surface area contributed by atoms with Gasteiger partial charge in [-0.05, 0) is 37.6 Å². The Morgan fingerprint density at radius 3 is 3.10 bits per heavy atom. The molecule has 21 heavy (non-hydrogen) atoms. The lowest BCUT2D eigenvalue weighted by Gasteiger charge is -2.24. The van der Waals surface area contributed by atoms with Crippen molar-refractivity contribution in [1.82, 2.24) is 19.7 Å². The standard InChI is InChI=1S/C15H16FN5/c16-15-4-3-12(7-17)6-13(15)8-20-5-1-2-14(20)9-21-11-18-10-19-21/h3-4,6,10-11,14H,1-2,5,8-9H2/t14-/m1/s1. The molecule has 1 atom stereocenters. The number of hydrogen-bond donors (Lipinski definition) is 0. The Kier molecular flexibility index (Phi) is 3.93. The first-order valence-electron chi connectivity index (χ1n) is 7.01. The number of nitriles is 1. The smallest absolute Gasteiger partial charge is 0.137 e. The van der Waals surface area contributed by atoms with Crippen molar-refractivity contribution in [3.05, 3.63) is 47.8 Å². The zero-order valence-electron chi connectivity index (χ0n) is 11.6. The number of aromatic nitrogens is 3. The number of nitrogens with zero attached hydrogens (tertiary/aromatic N) is 5. The topological polar surface area (TPSA) is 57.7 Å². The molecule has 0 spiro atoms. The Morgan fingerprint density at radius 1 is 1.43 bits per heavy atom. The second-order valence-electron chi connectivity index (χ2n) is 5.30. The molecule has 3 rings (SSSR count). The van der Waals surface area contributed by atoms with Crippen LogP contribution in [0.5, 0.6) is 0 Å². The summed E-state index contributed by atoms with van der Waals surface area (Å²) in [6.45, 7) is 2.23. The highest BCUT2D eigenvalue weighted by Gasteiger charge is 2.25. The lowest BCUT2D eigenvalue weighted by Crippen LogP contribution is -2.33. The van der Waals surface area contributed by atoms with Crippen molar-refractivity contribution in [3.8, 4) is 6.07 Å². The summed E-state index contributed by atoms with van der Waals surface area (Å²) in [5, 5.41) is 13.1. The average molecular weight is 285 g/mol. The van der Waals surface area contributed by atoms with Gasteiger partial charge in [-0.15, -0.1) is 0 Å². The van der Waals surface area contributed by atoms with Gasteiger partial charge in [0.1, 0.15) is 18.5 Å². The highest BCUT2D eigenvalue weighted by atomic mass is 19.1. The molecule has 0 radical (unpaired) electrons. The summed E-state index contributed by atoms with van der Waals surface area (Å²) in [4.78, 5) is 6.20. The van der Waals surface area contributed by atoms with Crippen molar-refractivity contribution < 1.29 is 4.39 Å². The highest BCUT2D eigenvalue weighted by molar-refractivity contribution is 5.33. The molecule has 108 valence electrons. The SMILES string of the molecule is N#Cc1ccc(F)c(CN2CCC[C@@H]2Cn2cncn2)c1. The van der Waals surface area contributed by atoms with E-state index in [1.807, 2.05) is 4.68 Å². The van der Waals surface area contributed by atoms with Crippen LogP contribution < -0.4 is 0 Å². The van der Waals surface area contributed by atoms with Crippen LogP contribution in [0.15, 0.2) is 30.9 Å². The van der Waals surface area contributed by atoms with E-state index in [1.54, 1.807) is 12.4 Å². The molecule has 1 aromatic carbocycles. The minimum Gasteiger partial charge on any atom is -0.294 e. The van der Waals surface area contributed by atoms with Gasteiger partial charge >= 0.3 is 0 Å². The Balaban J connectivity index is 1.73. The van der Waals surface area contributed by atoms with Gasteiger partial charge < -0.3 is 0 Å². The maximum absolute atomic E-state index is 13.9. The summed E-state index contributed by atoms with van der Waals surface area (Å²) >= 11 is 0. The van der Waals surface area contributed by atoms with E-state index in [4.69, 9.17) is 5.26 Å². The van der Waals surface area contributed by atoms with E-state index in [9.17, 15) is 4.39 Å². The van der Waals surface area contributed by atoms with Gasteiger partial charge in [0.15, 0.2) is 0 Å². The second-order valence-corrected chi connectivity index (χ2v) is 5.30. The summed E-state index contributed by atoms with van der Waals surface area (Å²) in [6.07, 6.45) is 5.39. The minimum atomic E-state index is -0.250. The monoisotopic (exact) mass is 285 g/mol. The van der Waals surface area contributed by atoms with Crippen molar-refractivity contribution in [3.63, 3.8) is 0 Å². The maximum Gasteiger partial charge on any atom is 0.137 e. The summed E-state index contributed by atoms with van der Waals surface area (Å²) < 4.78 is 15.7. The molecule has 2 aromatic rings. The molecular formula is C15H16FN5. The molecule has 0 bridgehead atoms. The normalized spacial score (nSPS) is 18.8. The molecule has 0 N–H and O–H groups in total. The third-order valence-corrected chi connectivity index (χ3v) is 3.91. The van der Waals surface area contributed by atoms with Crippen LogP contribution in [0, 0.1) is 17.1 Å². The number of benzene rings is 1. The fourth-order valence-corrected chi connectivity index (χ4v) is 2.84. The first-order chi connectivity index (χ1) is 10.3. The highest BCUT2D eigenvalue weighted by Crippen LogP contribution is 2.22. The molecule has 1 saturated heterocycles. The second kappa shape index (κ2) is 6.02. The predicted octanol–water partition coefficient (Wildman–Crippen LogP) is 1.95. The van der Waals surface area contributed by atoms with Crippen molar-refractivity contribution in [2.45, 2.75) is 32.0 Å². The van der Waals surface area contributed by atoms with Gasteiger partial charge in [-0.3, -0.25) is 9.58 Å². The van der Waals surface area contributed by atoms with Gasteiger partial charge in [0.2, 0.25) is 0 Å². The fraction of sp³-hybridized carbons (Fsp3) is 0.400. The van der Waals surface area contributed by atoms with Crippen LogP contribution in [-0.2, 0) is 13.1 Å². The van der Waals surface area contributed by atoms with E-state index in [0.29, 0.717) is 23.7 Å². The summed E-state index contributed by atoms with van der Waals surface area (Å²) in [5.41, 5.74) is 1.08. The van der Waals surface area contributed by atoms with Crippen LogP contribution in [0.4, 0.5) is 4.39 Å². The molecule has 5 nitrogen and oxygen atoms in total. The third-order valence-electron chi connectivity index (χ3n) is 3.91. The first kappa shape index (κ1) is 13.7. The van der Waals surface area contributed by atoms with Crippen LogP contribution in [-0.4, -0.2) is 32.3 Å². The van der Waals surface area contributed by atoms with Crippen LogP contribution in [0.1, 0.15) is 24.0 Å². The van der Waals surface area contributed by atoms with Gasteiger partial charge in [-0.25, -0.2) is 9.37 Å². The quantitative estimate of drug-likeness (QED) is 0.861. The molecule has 1 aliphatic heterocycles. The Morgan fingerprint density at radius 2 is 2.33 bits per heavy atom. The maximum atomic E-state index is 13.9. The van der Waals surface area contributed by atoms with Gasteiger partial charge in [-0.2, -0.15) is 10.4 Å². The molecule has 0 aliphatic carbocycles. The molecule has 2 heterocycles. The van der Waals surface area contributed by atoms with E-state index >= 15 is 0 Å². The van der Waals surface area contributed by atoms with Crippen molar-refractivity contribution in [2.24, 2.45) is 0 Å². The molecule has 1 aliphatic rings. The lowest BCUT2D eigenvalue weighted by atomic mass is 10.1. The van der Waals surface area contributed by atoms with Crippen molar-refractivity contribution >= 4 is 0 Å². The zero-order chi connectivity index (χ0) is 14.7. The van der Waals surface area contributed by atoms with Crippen molar-refractivity contribution in [2.75, 3.05) is 6.54 Å². The molecular weight excluding hydrogens is 269 g/mol. The lowest BCUT2D eigenvalue weighted by molar-refractivity contribution is 0.216. The number of halogens is 1. The predicted molar refractivity (Wildman–Crippen MR) is 74.6 cm³/mol. The Hall–Kier alpha value is -2.26. The van der Waals surface area contributed by atoms with Gasteiger partial charge in [0.25, 0.3) is 0 Å². The molecule has 0 unspecified atom stereocenters. The molecule has 0 amide bonds. The molecule has 6 heteroatoms. The largest absolute Gasteiger partial charge is 0.294 e. The van der Waals surface area contributed by atoms with Crippen molar-refractivity contribution in [1.29, 1.82) is 5.26 Å². The fourth-order valence-electron chi connectivity index (χ4n) is 2.84. The number of hydrogen-bond acceptors (Lipinski definition) is 4. The summed E-state index contributed by atoms with van der Waals surface area (Å²) in [7, 11) is 0. The summed E-state index contributed by atoms with van der Waals surface area (Å²) in [6, 6.07) is 6.91. The summed E-state index contributed by atoms with van der Waals surface area (Å²) in [5.74, 6) is -0.250. The molecule has 0 saturated carbocycles. The van der Waals surface area contributed by atoms with E-state index in [0.717, 1.165) is 25.9 Å². The van der Waals surface area contributed by atoms with E-state index in [1.165, 1.54) is 18.5 Å². The van der Waals surface area contributed by atoms with Gasteiger partial charge in [-0.1, -0.05) is 0 Å². The minimum absolute atomic E-state index is 0.250. The van der Waals surface area contributed by atoms with E-state index in [-0.39, 0.29) is 5.82 Å². The van der Waals surface area contributed by atoms with Crippen LogP contribution >= 0.6 is 0 Å². The number of likely N-dealkylation sites (tertiary alicyclic amines) is 1. The van der Waals surface area contributed by atoms with Gasteiger partial charge in [0, 0.05) is 18.2 Å². The third kappa shape index (κ3) is 3.09. The Bertz CT molecular complexity index is 647. The van der Waals surface area contributed by atoms with Gasteiger partial charge in [0.05, 0.1) is 18.2 Å².